The van der Waals surface area contributed by atoms with Crippen LogP contribution in [-0.2, 0) is 4.79 Å². The number of anilines is 1. The van der Waals surface area contributed by atoms with E-state index in [9.17, 15) is 19.7 Å². The molecule has 0 unspecified atom stereocenters. The first kappa shape index (κ1) is 18.2. The van der Waals surface area contributed by atoms with Crippen LogP contribution >= 0.6 is 0 Å². The summed E-state index contributed by atoms with van der Waals surface area (Å²) in [5.41, 5.74) is 4.68. The number of nitrogens with zero attached hydrogens (tertiary/aromatic N) is 2. The molecule has 0 bridgehead atoms. The summed E-state index contributed by atoms with van der Waals surface area (Å²) in [5.74, 6) is -0.267. The van der Waals surface area contributed by atoms with Gasteiger partial charge in [0.15, 0.2) is 0 Å². The molecule has 0 saturated heterocycles. The van der Waals surface area contributed by atoms with Gasteiger partial charge in [-0.2, -0.15) is 5.10 Å². The van der Waals surface area contributed by atoms with Gasteiger partial charge in [0.2, 0.25) is 5.91 Å². The zero-order chi connectivity index (χ0) is 19.4. The topological polar surface area (TPSA) is 114 Å². The third-order valence-corrected chi connectivity index (χ3v) is 4.18. The predicted molar refractivity (Wildman–Crippen MR) is 101 cm³/mol. The van der Waals surface area contributed by atoms with Crippen LogP contribution < -0.4 is 10.7 Å². The van der Waals surface area contributed by atoms with Gasteiger partial charge in [-0.15, -0.1) is 0 Å². The molecule has 27 heavy (non-hydrogen) atoms. The van der Waals surface area contributed by atoms with Gasteiger partial charge in [-0.1, -0.05) is 0 Å². The smallest absolute Gasteiger partial charge is 0.271 e. The van der Waals surface area contributed by atoms with E-state index in [0.29, 0.717) is 22.5 Å². The van der Waals surface area contributed by atoms with E-state index in [0.717, 1.165) is 12.8 Å². The number of non-ortho nitro benzene ring substituents is 1. The molecular weight excluding hydrogens is 348 g/mol. The number of hydrazone groups is 1. The van der Waals surface area contributed by atoms with E-state index in [2.05, 4.69) is 15.8 Å². The highest BCUT2D eigenvalue weighted by molar-refractivity contribution is 6.01. The summed E-state index contributed by atoms with van der Waals surface area (Å²) in [6, 6.07) is 12.4. The van der Waals surface area contributed by atoms with E-state index in [1.54, 1.807) is 43.3 Å². The van der Waals surface area contributed by atoms with Gasteiger partial charge in [-0.05, 0) is 61.7 Å². The second-order valence-electron chi connectivity index (χ2n) is 6.28. The van der Waals surface area contributed by atoms with Crippen LogP contribution in [0, 0.1) is 16.0 Å². The summed E-state index contributed by atoms with van der Waals surface area (Å²) in [7, 11) is 0. The molecule has 1 aliphatic carbocycles. The van der Waals surface area contributed by atoms with Crippen molar-refractivity contribution in [2.45, 2.75) is 19.8 Å². The van der Waals surface area contributed by atoms with Crippen molar-refractivity contribution in [3.63, 3.8) is 0 Å². The summed E-state index contributed by atoms with van der Waals surface area (Å²) in [5, 5.41) is 17.5. The van der Waals surface area contributed by atoms with E-state index in [1.165, 1.54) is 12.1 Å². The summed E-state index contributed by atoms with van der Waals surface area (Å²) < 4.78 is 0. The largest absolute Gasteiger partial charge is 0.326 e. The Morgan fingerprint density at radius 2 is 1.63 bits per heavy atom. The van der Waals surface area contributed by atoms with Gasteiger partial charge < -0.3 is 5.32 Å². The Hall–Kier alpha value is -3.55. The first-order valence-corrected chi connectivity index (χ1v) is 8.44. The third-order valence-electron chi connectivity index (χ3n) is 4.18. The minimum absolute atomic E-state index is 0.00974. The number of benzene rings is 2. The van der Waals surface area contributed by atoms with Crippen LogP contribution in [0.3, 0.4) is 0 Å². The molecule has 3 rings (SSSR count). The lowest BCUT2D eigenvalue weighted by Gasteiger charge is -2.06. The molecule has 0 atom stereocenters. The standard InChI is InChI=1S/C19H18N4O4/c1-12(13-6-10-17(11-7-13)23(26)27)21-22-19(25)15-4-8-16(9-5-15)20-18(24)14-2-3-14/h4-11,14H,2-3H2,1H3,(H,20,24)(H,22,25). The molecule has 0 spiro atoms. The fourth-order valence-corrected chi connectivity index (χ4v) is 2.38. The molecule has 2 N–H and O–H groups in total. The second-order valence-corrected chi connectivity index (χ2v) is 6.28. The zero-order valence-corrected chi connectivity index (χ0v) is 14.6. The van der Waals surface area contributed by atoms with Crippen molar-refractivity contribution in [2.75, 3.05) is 5.32 Å². The third kappa shape index (κ3) is 4.75. The molecule has 0 aromatic heterocycles. The van der Waals surface area contributed by atoms with Crippen LogP contribution in [0.15, 0.2) is 53.6 Å². The number of nitro groups is 1. The van der Waals surface area contributed by atoms with E-state index >= 15 is 0 Å². The summed E-state index contributed by atoms with van der Waals surface area (Å²) in [6.07, 6.45) is 1.86. The second kappa shape index (κ2) is 7.77. The molecule has 1 aliphatic rings. The van der Waals surface area contributed by atoms with Crippen LogP contribution in [0.4, 0.5) is 11.4 Å². The number of hydrogen-bond donors (Lipinski definition) is 2. The molecule has 2 amide bonds. The Bertz CT molecular complexity index is 900. The lowest BCUT2D eigenvalue weighted by molar-refractivity contribution is -0.384. The van der Waals surface area contributed by atoms with E-state index in [4.69, 9.17) is 0 Å². The Balaban J connectivity index is 1.59. The first-order chi connectivity index (χ1) is 12.9. The van der Waals surface area contributed by atoms with E-state index in [1.807, 2.05) is 0 Å². The van der Waals surface area contributed by atoms with Crippen molar-refractivity contribution < 1.29 is 14.5 Å². The highest BCUT2D eigenvalue weighted by atomic mass is 16.6. The highest BCUT2D eigenvalue weighted by Crippen LogP contribution is 2.30. The quantitative estimate of drug-likeness (QED) is 0.464. The number of nitro benzene ring substituents is 1. The monoisotopic (exact) mass is 366 g/mol. The Morgan fingerprint density at radius 1 is 1.04 bits per heavy atom. The van der Waals surface area contributed by atoms with Crippen molar-refractivity contribution >= 4 is 28.9 Å². The maximum absolute atomic E-state index is 12.2. The minimum atomic E-state index is -0.477. The predicted octanol–water partition coefficient (Wildman–Crippen LogP) is 3.10. The van der Waals surface area contributed by atoms with Gasteiger partial charge in [0.05, 0.1) is 10.6 Å². The molecule has 0 radical (unpaired) electrons. The average molecular weight is 366 g/mol. The zero-order valence-electron chi connectivity index (χ0n) is 14.6. The van der Waals surface area contributed by atoms with Crippen molar-refractivity contribution in [3.8, 4) is 0 Å². The number of nitrogens with one attached hydrogen (secondary N) is 2. The molecule has 2 aromatic rings. The van der Waals surface area contributed by atoms with Crippen LogP contribution in [0.2, 0.25) is 0 Å². The van der Waals surface area contributed by atoms with Crippen LogP contribution in [-0.4, -0.2) is 22.4 Å². The summed E-state index contributed by atoms with van der Waals surface area (Å²) in [6.45, 7) is 1.69. The molecule has 2 aromatic carbocycles. The van der Waals surface area contributed by atoms with Gasteiger partial charge in [0, 0.05) is 29.3 Å². The molecule has 138 valence electrons. The highest BCUT2D eigenvalue weighted by Gasteiger charge is 2.29. The number of amides is 2. The fourth-order valence-electron chi connectivity index (χ4n) is 2.38. The first-order valence-electron chi connectivity index (χ1n) is 8.44. The summed E-state index contributed by atoms with van der Waals surface area (Å²) >= 11 is 0. The minimum Gasteiger partial charge on any atom is -0.326 e. The Morgan fingerprint density at radius 3 is 2.19 bits per heavy atom. The number of rotatable bonds is 6. The maximum Gasteiger partial charge on any atom is 0.271 e. The van der Waals surface area contributed by atoms with Crippen molar-refractivity contribution in [1.82, 2.24) is 5.43 Å². The fraction of sp³-hybridized carbons (Fsp3) is 0.211. The molecule has 1 fully saturated rings. The average Bonchev–Trinajstić information content (AvgIpc) is 3.52. The van der Waals surface area contributed by atoms with E-state index in [-0.39, 0.29) is 17.5 Å². The molecule has 8 nitrogen and oxygen atoms in total. The molecule has 0 heterocycles. The number of carbonyl (C=O) groups is 2. The van der Waals surface area contributed by atoms with Crippen LogP contribution in [0.25, 0.3) is 0 Å². The van der Waals surface area contributed by atoms with Crippen LogP contribution in [0.1, 0.15) is 35.7 Å². The van der Waals surface area contributed by atoms with Crippen molar-refractivity contribution in [1.29, 1.82) is 0 Å². The Labute approximate surface area is 155 Å². The van der Waals surface area contributed by atoms with Crippen LogP contribution in [0.5, 0.6) is 0 Å². The lowest BCUT2D eigenvalue weighted by Crippen LogP contribution is -2.19. The molecule has 0 aliphatic heterocycles. The summed E-state index contributed by atoms with van der Waals surface area (Å²) in [4.78, 5) is 34.1. The number of hydrogen-bond acceptors (Lipinski definition) is 5. The lowest BCUT2D eigenvalue weighted by atomic mass is 10.1. The van der Waals surface area contributed by atoms with Gasteiger partial charge in [0.1, 0.15) is 0 Å². The maximum atomic E-state index is 12.2. The van der Waals surface area contributed by atoms with Gasteiger partial charge >= 0.3 is 0 Å². The SMILES string of the molecule is CC(=NNC(=O)c1ccc(NC(=O)C2CC2)cc1)c1ccc([N+](=O)[O-])cc1. The number of carbonyl (C=O) groups excluding carboxylic acids is 2. The van der Waals surface area contributed by atoms with Crippen molar-refractivity contribution in [2.24, 2.45) is 11.0 Å². The van der Waals surface area contributed by atoms with Gasteiger partial charge in [-0.3, -0.25) is 19.7 Å². The Kier molecular flexibility index (Phi) is 5.25. The van der Waals surface area contributed by atoms with Crippen molar-refractivity contribution in [3.05, 3.63) is 69.8 Å². The van der Waals surface area contributed by atoms with Gasteiger partial charge in [0.25, 0.3) is 11.6 Å². The van der Waals surface area contributed by atoms with E-state index < -0.39 is 10.8 Å². The molecule has 8 heteroatoms. The normalized spacial score (nSPS) is 13.7. The van der Waals surface area contributed by atoms with Gasteiger partial charge in [-0.25, -0.2) is 5.43 Å². The molecule has 1 saturated carbocycles. The molecular formula is C19H18N4O4.